The van der Waals surface area contributed by atoms with Crippen LogP contribution >= 0.6 is 22.6 Å². The van der Waals surface area contributed by atoms with Crippen molar-refractivity contribution in [2.75, 3.05) is 11.5 Å². The highest BCUT2D eigenvalue weighted by molar-refractivity contribution is 14.1. The number of esters is 1. The van der Waals surface area contributed by atoms with Crippen LogP contribution in [0.2, 0.25) is 0 Å². The lowest BCUT2D eigenvalue weighted by atomic mass is 10.1. The first-order valence-electron chi connectivity index (χ1n) is 5.56. The lowest BCUT2D eigenvalue weighted by molar-refractivity contribution is -0.147. The lowest BCUT2D eigenvalue weighted by Gasteiger charge is -2.13. The Labute approximate surface area is 116 Å². The van der Waals surface area contributed by atoms with Crippen LogP contribution in [-0.2, 0) is 16.0 Å². The van der Waals surface area contributed by atoms with Gasteiger partial charge in [-0.05, 0) is 41.9 Å². The molecule has 0 spiro atoms. The first-order chi connectivity index (χ1) is 8.17. The summed E-state index contributed by atoms with van der Waals surface area (Å²) in [6.07, 6.45) is 1.61. The fraction of sp³-hybridized carbons (Fsp3) is 0.462. The van der Waals surface area contributed by atoms with E-state index in [1.54, 1.807) is 6.92 Å². The van der Waals surface area contributed by atoms with Crippen molar-refractivity contribution in [1.82, 2.24) is 0 Å². The molecule has 0 bridgehead atoms. The number of carbonyl (C=O) groups excluding carboxylic acids is 1. The molecule has 4 heteroatoms. The molecule has 0 aliphatic carbocycles. The average Bonchev–Trinajstić information content (AvgIpc) is 2.35. The van der Waals surface area contributed by atoms with Crippen LogP contribution < -0.4 is 4.74 Å². The Kier molecular flexibility index (Phi) is 6.32. The summed E-state index contributed by atoms with van der Waals surface area (Å²) in [6.45, 7) is 1.68. The molecule has 3 nitrogen and oxygen atoms in total. The molecule has 0 aliphatic heterocycles. The van der Waals surface area contributed by atoms with Crippen molar-refractivity contribution in [2.24, 2.45) is 0 Å². The predicted molar refractivity (Wildman–Crippen MR) is 75.8 cm³/mol. The van der Waals surface area contributed by atoms with Gasteiger partial charge in [0.1, 0.15) is 5.75 Å². The number of rotatable bonds is 6. The van der Waals surface area contributed by atoms with Gasteiger partial charge in [-0.1, -0.05) is 34.7 Å². The summed E-state index contributed by atoms with van der Waals surface area (Å²) >= 11 is 2.36. The summed E-state index contributed by atoms with van der Waals surface area (Å²) in [4.78, 5) is 11.2. The molecule has 0 unspecified atom stereocenters. The van der Waals surface area contributed by atoms with Gasteiger partial charge in [0.05, 0.1) is 7.11 Å². The van der Waals surface area contributed by atoms with Gasteiger partial charge in [0.25, 0.3) is 0 Å². The maximum atomic E-state index is 11.2. The maximum absolute atomic E-state index is 11.2. The average molecular weight is 348 g/mol. The van der Waals surface area contributed by atoms with Gasteiger partial charge in [0.2, 0.25) is 0 Å². The second-order valence-corrected chi connectivity index (χ2v) is 4.80. The fourth-order valence-corrected chi connectivity index (χ4v) is 1.84. The van der Waals surface area contributed by atoms with Gasteiger partial charge in [0, 0.05) is 0 Å². The normalized spacial score (nSPS) is 11.9. The molecule has 17 heavy (non-hydrogen) atoms. The molecule has 0 fully saturated rings. The Morgan fingerprint density at radius 3 is 2.88 bits per heavy atom. The standard InChI is InChI=1S/C13H17IO3/c1-10(13(15)16-2)17-12-7-3-5-11(9-12)6-4-8-14/h3,5,7,9-10H,4,6,8H2,1-2H3/t10-/m0/s1. The molecule has 0 saturated carbocycles. The van der Waals surface area contributed by atoms with Crippen molar-refractivity contribution in [1.29, 1.82) is 0 Å². The number of carbonyl (C=O) groups is 1. The highest BCUT2D eigenvalue weighted by Crippen LogP contribution is 2.16. The van der Waals surface area contributed by atoms with Crippen molar-refractivity contribution in [3.8, 4) is 5.75 Å². The maximum Gasteiger partial charge on any atom is 0.346 e. The molecular weight excluding hydrogens is 331 g/mol. The summed E-state index contributed by atoms with van der Waals surface area (Å²) in [5.41, 5.74) is 1.23. The monoisotopic (exact) mass is 348 g/mol. The third-order valence-corrected chi connectivity index (χ3v) is 3.11. The van der Waals surface area contributed by atoms with E-state index >= 15 is 0 Å². The molecule has 0 radical (unpaired) electrons. The SMILES string of the molecule is COC(=O)[C@H](C)Oc1cccc(CCCI)c1. The second-order valence-electron chi connectivity index (χ2n) is 3.72. The van der Waals surface area contributed by atoms with Gasteiger partial charge >= 0.3 is 5.97 Å². The quantitative estimate of drug-likeness (QED) is 0.450. The zero-order chi connectivity index (χ0) is 12.7. The van der Waals surface area contributed by atoms with Crippen LogP contribution in [0.25, 0.3) is 0 Å². The summed E-state index contributed by atoms with van der Waals surface area (Å²) in [6, 6.07) is 7.85. The van der Waals surface area contributed by atoms with E-state index in [0.717, 1.165) is 17.3 Å². The van der Waals surface area contributed by atoms with Crippen LogP contribution in [0.5, 0.6) is 5.75 Å². The molecule has 1 atom stereocenters. The van der Waals surface area contributed by atoms with Crippen molar-refractivity contribution < 1.29 is 14.3 Å². The number of aryl methyl sites for hydroxylation is 1. The van der Waals surface area contributed by atoms with Crippen molar-refractivity contribution in [3.63, 3.8) is 0 Å². The van der Waals surface area contributed by atoms with Crippen molar-refractivity contribution >= 4 is 28.6 Å². The van der Waals surface area contributed by atoms with E-state index in [1.165, 1.54) is 12.7 Å². The molecule has 0 aromatic heterocycles. The molecule has 1 aromatic rings. The molecule has 0 N–H and O–H groups in total. The Bertz CT molecular complexity index is 365. The Hall–Kier alpha value is -0.780. The van der Waals surface area contributed by atoms with Gasteiger partial charge in [-0.2, -0.15) is 0 Å². The van der Waals surface area contributed by atoms with Gasteiger partial charge < -0.3 is 9.47 Å². The van der Waals surface area contributed by atoms with E-state index in [9.17, 15) is 4.79 Å². The fourth-order valence-electron chi connectivity index (χ4n) is 1.46. The second kappa shape index (κ2) is 7.53. The van der Waals surface area contributed by atoms with Crippen LogP contribution in [0.3, 0.4) is 0 Å². The van der Waals surface area contributed by atoms with Gasteiger partial charge in [0.15, 0.2) is 6.10 Å². The number of ether oxygens (including phenoxy) is 2. The third kappa shape index (κ3) is 4.93. The molecule has 0 amide bonds. The number of hydrogen-bond donors (Lipinski definition) is 0. The van der Waals surface area contributed by atoms with E-state index in [2.05, 4.69) is 33.4 Å². The Balaban J connectivity index is 2.62. The van der Waals surface area contributed by atoms with Crippen LogP contribution in [0, 0.1) is 0 Å². The minimum Gasteiger partial charge on any atom is -0.479 e. The number of benzene rings is 1. The lowest BCUT2D eigenvalue weighted by Crippen LogP contribution is -2.24. The summed E-state index contributed by atoms with van der Waals surface area (Å²) < 4.78 is 11.3. The smallest absolute Gasteiger partial charge is 0.346 e. The minimum absolute atomic E-state index is 0.359. The molecule has 0 heterocycles. The summed E-state index contributed by atoms with van der Waals surface area (Å²) in [7, 11) is 1.36. The Morgan fingerprint density at radius 1 is 1.47 bits per heavy atom. The van der Waals surface area contributed by atoms with Crippen LogP contribution in [0.4, 0.5) is 0 Å². The first kappa shape index (κ1) is 14.3. The van der Waals surface area contributed by atoms with Crippen LogP contribution in [0.15, 0.2) is 24.3 Å². The van der Waals surface area contributed by atoms with E-state index in [0.29, 0.717) is 5.75 Å². The molecule has 1 aromatic carbocycles. The first-order valence-corrected chi connectivity index (χ1v) is 7.09. The van der Waals surface area contributed by atoms with E-state index < -0.39 is 6.10 Å². The highest BCUT2D eigenvalue weighted by Gasteiger charge is 2.14. The van der Waals surface area contributed by atoms with E-state index in [-0.39, 0.29) is 5.97 Å². The molecule has 0 aliphatic rings. The van der Waals surface area contributed by atoms with Crippen molar-refractivity contribution in [3.05, 3.63) is 29.8 Å². The van der Waals surface area contributed by atoms with E-state index in [1.807, 2.05) is 18.2 Å². The Morgan fingerprint density at radius 2 is 2.24 bits per heavy atom. The largest absolute Gasteiger partial charge is 0.479 e. The number of methoxy groups -OCH3 is 1. The van der Waals surface area contributed by atoms with Gasteiger partial charge in [-0.3, -0.25) is 0 Å². The summed E-state index contributed by atoms with van der Waals surface area (Å²) in [5, 5.41) is 0. The molecule has 1 rings (SSSR count). The molecule has 0 saturated heterocycles. The number of alkyl halides is 1. The molecule has 94 valence electrons. The number of hydrogen-bond acceptors (Lipinski definition) is 3. The minimum atomic E-state index is -0.570. The van der Waals surface area contributed by atoms with Gasteiger partial charge in [-0.25, -0.2) is 4.79 Å². The van der Waals surface area contributed by atoms with Gasteiger partial charge in [-0.15, -0.1) is 0 Å². The zero-order valence-electron chi connectivity index (χ0n) is 10.1. The number of halogens is 1. The topological polar surface area (TPSA) is 35.5 Å². The summed E-state index contributed by atoms with van der Waals surface area (Å²) in [5.74, 6) is 0.358. The van der Waals surface area contributed by atoms with Crippen LogP contribution in [0.1, 0.15) is 18.9 Å². The van der Waals surface area contributed by atoms with E-state index in [4.69, 9.17) is 4.74 Å². The molecular formula is C13H17IO3. The highest BCUT2D eigenvalue weighted by atomic mass is 127. The third-order valence-electron chi connectivity index (χ3n) is 2.34. The van der Waals surface area contributed by atoms with Crippen LogP contribution in [-0.4, -0.2) is 23.6 Å². The predicted octanol–water partition coefficient (Wildman–Crippen LogP) is 2.99. The zero-order valence-corrected chi connectivity index (χ0v) is 12.3. The van der Waals surface area contributed by atoms with Crippen molar-refractivity contribution in [2.45, 2.75) is 25.9 Å².